The van der Waals surface area contributed by atoms with Crippen molar-refractivity contribution in [2.75, 3.05) is 33.3 Å². The molecule has 1 aromatic heterocycles. The molecule has 1 aromatic carbocycles. The molecule has 5 heteroatoms. The maximum Gasteiger partial charge on any atom is 0.103 e. The van der Waals surface area contributed by atoms with E-state index in [2.05, 4.69) is 63.8 Å². The van der Waals surface area contributed by atoms with E-state index in [1.807, 2.05) is 0 Å². The molecule has 0 aliphatic carbocycles. The Bertz CT molecular complexity index is 728. The molecule has 0 saturated carbocycles. The molecule has 0 atom stereocenters. The predicted molar refractivity (Wildman–Crippen MR) is 85.5 cm³/mol. The van der Waals surface area contributed by atoms with Crippen molar-refractivity contribution in [1.29, 1.82) is 0 Å². The summed E-state index contributed by atoms with van der Waals surface area (Å²) in [4.78, 5) is 15.0. The van der Waals surface area contributed by atoms with E-state index in [-0.39, 0.29) is 5.66 Å². The van der Waals surface area contributed by atoms with E-state index in [0.29, 0.717) is 0 Å². The van der Waals surface area contributed by atoms with Gasteiger partial charge in [0.05, 0.1) is 38.9 Å². The number of benzene rings is 1. The topological polar surface area (TPSA) is 25.9 Å². The van der Waals surface area contributed by atoms with Gasteiger partial charge in [0.2, 0.25) is 0 Å². The summed E-state index contributed by atoms with van der Waals surface area (Å²) >= 11 is 0. The van der Waals surface area contributed by atoms with Crippen LogP contribution in [0.2, 0.25) is 0 Å². The first kappa shape index (κ1) is 13.0. The summed E-state index contributed by atoms with van der Waals surface area (Å²) in [6, 6.07) is 10.8. The Morgan fingerprint density at radius 3 is 2.27 bits per heavy atom. The lowest BCUT2D eigenvalue weighted by Gasteiger charge is -2.65. The summed E-state index contributed by atoms with van der Waals surface area (Å²) in [7, 11) is 0. The van der Waals surface area contributed by atoms with Gasteiger partial charge in [-0.3, -0.25) is 24.6 Å². The molecule has 4 aliphatic rings. The van der Waals surface area contributed by atoms with E-state index < -0.39 is 0 Å². The summed E-state index contributed by atoms with van der Waals surface area (Å²) in [5, 5.41) is 1.24. The van der Waals surface area contributed by atoms with Crippen molar-refractivity contribution in [1.82, 2.24) is 24.6 Å². The lowest BCUT2D eigenvalue weighted by molar-refractivity contribution is -0.276. The number of hydrogen-bond acceptors (Lipinski definition) is 5. The molecule has 4 fully saturated rings. The molecule has 4 saturated heterocycles. The van der Waals surface area contributed by atoms with Gasteiger partial charge in [-0.1, -0.05) is 18.2 Å². The SMILES string of the molecule is Cc1nc2ccccc2cc1C1(C)N2CN3CN(C2)CN1C3. The standard InChI is InChI=1S/C17H21N5/c1-13-15(7-14-5-3-4-6-16(14)18-13)17(2)21-9-19-8-20(11-21)12-22(17)10-19/h3-7H,8-12H2,1-2H3. The van der Waals surface area contributed by atoms with Crippen molar-refractivity contribution in [3.8, 4) is 0 Å². The second kappa shape index (κ2) is 4.26. The van der Waals surface area contributed by atoms with Crippen molar-refractivity contribution < 1.29 is 0 Å². The van der Waals surface area contributed by atoms with Crippen LogP contribution in [-0.2, 0) is 5.66 Å². The highest BCUT2D eigenvalue weighted by atomic mass is 15.7. The highest BCUT2D eigenvalue weighted by Gasteiger charge is 2.52. The number of para-hydroxylation sites is 1. The van der Waals surface area contributed by atoms with Gasteiger partial charge in [-0.25, -0.2) is 0 Å². The molecule has 4 bridgehead atoms. The number of pyridine rings is 1. The summed E-state index contributed by atoms with van der Waals surface area (Å²) < 4.78 is 0. The van der Waals surface area contributed by atoms with E-state index in [1.54, 1.807) is 0 Å². The van der Waals surface area contributed by atoms with Gasteiger partial charge in [-0.2, -0.15) is 0 Å². The van der Waals surface area contributed by atoms with Gasteiger partial charge in [-0.05, 0) is 26.0 Å². The van der Waals surface area contributed by atoms with Gasteiger partial charge < -0.3 is 0 Å². The van der Waals surface area contributed by atoms with Crippen LogP contribution in [0.25, 0.3) is 10.9 Å². The minimum absolute atomic E-state index is 0.0471. The number of aromatic nitrogens is 1. The fourth-order valence-electron chi connectivity index (χ4n) is 4.39. The summed E-state index contributed by atoms with van der Waals surface area (Å²) in [6.45, 7) is 9.84. The zero-order chi connectivity index (χ0) is 14.9. The molecule has 22 heavy (non-hydrogen) atoms. The van der Waals surface area contributed by atoms with Crippen LogP contribution in [0.4, 0.5) is 0 Å². The second-order valence-electron chi connectivity index (χ2n) is 6.96. The largest absolute Gasteiger partial charge is 0.264 e. The first-order valence-electron chi connectivity index (χ1n) is 7.96. The first-order valence-corrected chi connectivity index (χ1v) is 7.96. The molecule has 0 amide bonds. The maximum absolute atomic E-state index is 4.87. The zero-order valence-electron chi connectivity index (χ0n) is 13.2. The van der Waals surface area contributed by atoms with E-state index in [1.165, 1.54) is 10.9 Å². The van der Waals surface area contributed by atoms with Crippen LogP contribution in [0.1, 0.15) is 18.2 Å². The van der Waals surface area contributed by atoms with Crippen LogP contribution in [0.5, 0.6) is 0 Å². The molecule has 114 valence electrons. The van der Waals surface area contributed by atoms with Crippen LogP contribution in [0.15, 0.2) is 30.3 Å². The normalized spacial score (nSPS) is 39.5. The van der Waals surface area contributed by atoms with E-state index in [9.17, 15) is 0 Å². The summed E-state index contributed by atoms with van der Waals surface area (Å²) in [6.07, 6.45) is 0. The Morgan fingerprint density at radius 1 is 0.955 bits per heavy atom. The third-order valence-corrected chi connectivity index (χ3v) is 5.54. The smallest absolute Gasteiger partial charge is 0.103 e. The van der Waals surface area contributed by atoms with Crippen molar-refractivity contribution in [3.05, 3.63) is 41.6 Å². The minimum atomic E-state index is -0.0471. The third kappa shape index (κ3) is 1.59. The Morgan fingerprint density at radius 2 is 1.59 bits per heavy atom. The molecule has 5 heterocycles. The minimum Gasteiger partial charge on any atom is -0.264 e. The number of hydrogen-bond donors (Lipinski definition) is 0. The quantitative estimate of drug-likeness (QED) is 0.798. The van der Waals surface area contributed by atoms with Crippen molar-refractivity contribution in [2.45, 2.75) is 19.5 Å². The van der Waals surface area contributed by atoms with Crippen LogP contribution >= 0.6 is 0 Å². The van der Waals surface area contributed by atoms with Crippen molar-refractivity contribution >= 4 is 10.9 Å². The third-order valence-electron chi connectivity index (χ3n) is 5.54. The van der Waals surface area contributed by atoms with Crippen molar-refractivity contribution in [3.63, 3.8) is 0 Å². The van der Waals surface area contributed by atoms with E-state index in [4.69, 9.17) is 4.98 Å². The van der Waals surface area contributed by atoms with Gasteiger partial charge in [0.1, 0.15) is 5.66 Å². The van der Waals surface area contributed by atoms with Crippen LogP contribution < -0.4 is 0 Å². The first-order chi connectivity index (χ1) is 10.6. The number of aryl methyl sites for hydroxylation is 1. The predicted octanol–water partition coefficient (Wildman–Crippen LogP) is 1.75. The highest BCUT2D eigenvalue weighted by Crippen LogP contribution is 2.42. The van der Waals surface area contributed by atoms with Gasteiger partial charge in [0, 0.05) is 16.6 Å². The van der Waals surface area contributed by atoms with Gasteiger partial charge >= 0.3 is 0 Å². The average molecular weight is 295 g/mol. The Labute approximate surface area is 130 Å². The van der Waals surface area contributed by atoms with E-state index in [0.717, 1.165) is 44.6 Å². The Hall–Kier alpha value is -1.53. The molecule has 0 radical (unpaired) electrons. The molecule has 0 unspecified atom stereocenters. The maximum atomic E-state index is 4.87. The highest BCUT2D eigenvalue weighted by molar-refractivity contribution is 5.79. The summed E-state index contributed by atoms with van der Waals surface area (Å²) in [5.41, 5.74) is 3.55. The number of rotatable bonds is 1. The van der Waals surface area contributed by atoms with Gasteiger partial charge in [0.25, 0.3) is 0 Å². The Balaban J connectivity index is 1.68. The average Bonchev–Trinajstić information content (AvgIpc) is 2.51. The van der Waals surface area contributed by atoms with Crippen LogP contribution in [-0.4, -0.2) is 57.9 Å². The molecule has 6 rings (SSSR count). The number of fused-ring (bicyclic) bond motifs is 1. The Kier molecular flexibility index (Phi) is 2.51. The molecular weight excluding hydrogens is 274 g/mol. The zero-order valence-corrected chi connectivity index (χ0v) is 13.2. The van der Waals surface area contributed by atoms with Gasteiger partial charge in [0.15, 0.2) is 0 Å². The van der Waals surface area contributed by atoms with E-state index >= 15 is 0 Å². The molecule has 0 spiro atoms. The van der Waals surface area contributed by atoms with Crippen molar-refractivity contribution in [2.24, 2.45) is 0 Å². The van der Waals surface area contributed by atoms with Gasteiger partial charge in [-0.15, -0.1) is 0 Å². The lowest BCUT2D eigenvalue weighted by Crippen LogP contribution is -2.78. The second-order valence-corrected chi connectivity index (χ2v) is 6.96. The lowest BCUT2D eigenvalue weighted by atomic mass is 9.92. The van der Waals surface area contributed by atoms with Crippen LogP contribution in [0, 0.1) is 6.92 Å². The molecule has 4 aliphatic heterocycles. The molecule has 0 N–H and O–H groups in total. The monoisotopic (exact) mass is 295 g/mol. The van der Waals surface area contributed by atoms with Crippen LogP contribution in [0.3, 0.4) is 0 Å². The molecular formula is C17H21N5. The fourth-order valence-corrected chi connectivity index (χ4v) is 4.39. The molecule has 5 nitrogen and oxygen atoms in total. The number of nitrogens with zero attached hydrogens (tertiary/aromatic N) is 5. The summed E-state index contributed by atoms with van der Waals surface area (Å²) in [5.74, 6) is 0. The fraction of sp³-hybridized carbons (Fsp3) is 0.471. The molecule has 2 aromatic rings.